The summed E-state index contributed by atoms with van der Waals surface area (Å²) in [6, 6.07) is 11.0. The lowest BCUT2D eigenvalue weighted by atomic mass is 10.2. The van der Waals surface area contributed by atoms with Crippen LogP contribution in [-0.2, 0) is 11.5 Å². The van der Waals surface area contributed by atoms with Crippen molar-refractivity contribution in [3.63, 3.8) is 0 Å². The molecule has 0 saturated heterocycles. The molecule has 0 amide bonds. The van der Waals surface area contributed by atoms with Gasteiger partial charge in [0, 0.05) is 11.5 Å². The summed E-state index contributed by atoms with van der Waals surface area (Å²) < 4.78 is 11.1. The molecule has 0 aliphatic heterocycles. The highest BCUT2D eigenvalue weighted by molar-refractivity contribution is 7.97. The minimum Gasteiger partial charge on any atom is -0.504 e. The Morgan fingerprint density at radius 3 is 1.60 bits per heavy atom. The summed E-state index contributed by atoms with van der Waals surface area (Å²) in [4.78, 5) is 0. The lowest BCUT2D eigenvalue weighted by Crippen LogP contribution is -1.96. The Morgan fingerprint density at radius 1 is 0.760 bits per heavy atom. The fourth-order valence-electron chi connectivity index (χ4n) is 2.24. The number of hydrogen-bond acceptors (Lipinski definition) is 5. The molecular formula is C20H26O4S. The summed E-state index contributed by atoms with van der Waals surface area (Å²) in [5.74, 6) is 3.07. The van der Waals surface area contributed by atoms with E-state index in [9.17, 15) is 10.2 Å². The average Bonchev–Trinajstić information content (AvgIpc) is 2.62. The number of hydrogen-bond donors (Lipinski definition) is 2. The topological polar surface area (TPSA) is 58.9 Å². The van der Waals surface area contributed by atoms with E-state index in [0.717, 1.165) is 35.5 Å². The van der Waals surface area contributed by atoms with Crippen LogP contribution in [0, 0.1) is 0 Å². The van der Waals surface area contributed by atoms with Crippen molar-refractivity contribution < 1.29 is 19.7 Å². The molecule has 2 aromatic carbocycles. The highest BCUT2D eigenvalue weighted by atomic mass is 32.2. The third-order valence-corrected chi connectivity index (χ3v) is 4.58. The minimum absolute atomic E-state index is 0.179. The third-order valence-electron chi connectivity index (χ3n) is 3.51. The van der Waals surface area contributed by atoms with Gasteiger partial charge in [0.2, 0.25) is 0 Å². The summed E-state index contributed by atoms with van der Waals surface area (Å²) in [5, 5.41) is 19.6. The highest BCUT2D eigenvalue weighted by Gasteiger charge is 2.06. The lowest BCUT2D eigenvalue weighted by molar-refractivity contribution is 0.299. The molecule has 4 nitrogen and oxygen atoms in total. The molecule has 25 heavy (non-hydrogen) atoms. The van der Waals surface area contributed by atoms with Gasteiger partial charge in [-0.3, -0.25) is 0 Å². The van der Waals surface area contributed by atoms with Crippen molar-refractivity contribution in [3.05, 3.63) is 47.5 Å². The number of phenolic OH excluding ortho intramolecular Hbond substituents is 2. The summed E-state index contributed by atoms with van der Waals surface area (Å²) >= 11 is 1.76. The van der Waals surface area contributed by atoms with Crippen LogP contribution in [0.3, 0.4) is 0 Å². The molecule has 0 heterocycles. The maximum atomic E-state index is 9.82. The lowest BCUT2D eigenvalue weighted by Gasteiger charge is -2.10. The predicted molar refractivity (Wildman–Crippen MR) is 103 cm³/mol. The van der Waals surface area contributed by atoms with Crippen molar-refractivity contribution in [2.24, 2.45) is 0 Å². The second-order valence-corrected chi connectivity index (χ2v) is 6.78. The van der Waals surface area contributed by atoms with Gasteiger partial charge in [-0.1, -0.05) is 26.0 Å². The van der Waals surface area contributed by atoms with E-state index in [1.807, 2.05) is 38.1 Å². The molecule has 0 radical (unpaired) electrons. The van der Waals surface area contributed by atoms with Crippen LogP contribution >= 0.6 is 11.8 Å². The molecule has 0 aliphatic carbocycles. The van der Waals surface area contributed by atoms with Gasteiger partial charge in [0.25, 0.3) is 0 Å². The maximum absolute atomic E-state index is 9.82. The molecule has 2 N–H and O–H groups in total. The third kappa shape index (κ3) is 6.09. The monoisotopic (exact) mass is 362 g/mol. The van der Waals surface area contributed by atoms with Gasteiger partial charge in [-0.15, -0.1) is 0 Å². The maximum Gasteiger partial charge on any atom is 0.161 e. The van der Waals surface area contributed by atoms with E-state index in [-0.39, 0.29) is 11.5 Å². The molecule has 0 aromatic heterocycles. The van der Waals surface area contributed by atoms with Crippen LogP contribution < -0.4 is 9.47 Å². The Hall–Kier alpha value is -2.01. The van der Waals surface area contributed by atoms with Crippen LogP contribution in [0.1, 0.15) is 37.8 Å². The minimum atomic E-state index is 0.179. The second-order valence-electron chi connectivity index (χ2n) is 5.79. The zero-order chi connectivity index (χ0) is 18.1. The Labute approximate surface area is 153 Å². The average molecular weight is 362 g/mol. The van der Waals surface area contributed by atoms with Gasteiger partial charge in [-0.25, -0.2) is 0 Å². The normalized spacial score (nSPS) is 10.6. The van der Waals surface area contributed by atoms with Crippen LogP contribution in [0.4, 0.5) is 0 Å². The number of aromatic hydroxyl groups is 2. The first-order valence-corrected chi connectivity index (χ1v) is 9.76. The standard InChI is InChI=1S/C20H26O4S/c1-3-9-23-19-11-15(5-7-17(19)21)13-25-14-16-6-8-18(22)20(12-16)24-10-4-2/h5-8,11-12,21-22H,3-4,9-10,13-14H2,1-2H3. The molecule has 5 heteroatoms. The van der Waals surface area contributed by atoms with E-state index < -0.39 is 0 Å². The molecule has 0 atom stereocenters. The first-order chi connectivity index (χ1) is 12.1. The van der Waals surface area contributed by atoms with Crippen molar-refractivity contribution in [2.45, 2.75) is 38.2 Å². The van der Waals surface area contributed by atoms with Gasteiger partial charge in [-0.05, 0) is 48.2 Å². The Morgan fingerprint density at radius 2 is 1.20 bits per heavy atom. The van der Waals surface area contributed by atoms with Gasteiger partial charge in [0.15, 0.2) is 23.0 Å². The molecule has 0 unspecified atom stereocenters. The van der Waals surface area contributed by atoms with E-state index >= 15 is 0 Å². The largest absolute Gasteiger partial charge is 0.504 e. The van der Waals surface area contributed by atoms with Crippen molar-refractivity contribution >= 4 is 11.8 Å². The first kappa shape index (κ1) is 19.3. The summed E-state index contributed by atoms with van der Waals surface area (Å²) in [5.41, 5.74) is 2.21. The molecule has 0 aliphatic rings. The van der Waals surface area contributed by atoms with Crippen molar-refractivity contribution in [1.82, 2.24) is 0 Å². The van der Waals surface area contributed by atoms with Gasteiger partial charge < -0.3 is 19.7 Å². The quantitative estimate of drug-likeness (QED) is 0.615. The van der Waals surface area contributed by atoms with Gasteiger partial charge >= 0.3 is 0 Å². The second kappa shape index (κ2) is 10.1. The van der Waals surface area contributed by atoms with Crippen LogP contribution in [-0.4, -0.2) is 23.4 Å². The van der Waals surface area contributed by atoms with E-state index in [1.165, 1.54) is 0 Å². The summed E-state index contributed by atoms with van der Waals surface area (Å²) in [7, 11) is 0. The van der Waals surface area contributed by atoms with E-state index in [2.05, 4.69) is 0 Å². The first-order valence-electron chi connectivity index (χ1n) is 8.61. The summed E-state index contributed by atoms with van der Waals surface area (Å²) in [6.07, 6.45) is 1.81. The highest BCUT2D eigenvalue weighted by Crippen LogP contribution is 2.31. The SMILES string of the molecule is CCCOc1cc(CSCc2ccc(O)c(OCCC)c2)ccc1O. The molecular weight excluding hydrogens is 336 g/mol. The number of ether oxygens (including phenoxy) is 2. The van der Waals surface area contributed by atoms with Crippen molar-refractivity contribution in [2.75, 3.05) is 13.2 Å². The molecule has 0 fully saturated rings. The fourth-order valence-corrected chi connectivity index (χ4v) is 3.17. The number of thioether (sulfide) groups is 1. The molecule has 0 spiro atoms. The summed E-state index contributed by atoms with van der Waals surface area (Å²) in [6.45, 7) is 5.26. The van der Waals surface area contributed by atoms with Gasteiger partial charge in [-0.2, -0.15) is 11.8 Å². The van der Waals surface area contributed by atoms with Gasteiger partial charge in [0.05, 0.1) is 13.2 Å². The van der Waals surface area contributed by atoms with E-state index in [1.54, 1.807) is 23.9 Å². The van der Waals surface area contributed by atoms with E-state index in [0.29, 0.717) is 24.7 Å². The van der Waals surface area contributed by atoms with Crippen molar-refractivity contribution in [1.29, 1.82) is 0 Å². The Bertz CT molecular complexity index is 615. The Balaban J connectivity index is 1.92. The molecule has 0 bridgehead atoms. The van der Waals surface area contributed by atoms with E-state index in [4.69, 9.17) is 9.47 Å². The number of phenols is 2. The zero-order valence-corrected chi connectivity index (χ0v) is 15.6. The van der Waals surface area contributed by atoms with Crippen LogP contribution in [0.25, 0.3) is 0 Å². The fraction of sp³-hybridized carbons (Fsp3) is 0.400. The zero-order valence-electron chi connectivity index (χ0n) is 14.8. The van der Waals surface area contributed by atoms with Crippen LogP contribution in [0.15, 0.2) is 36.4 Å². The Kier molecular flexibility index (Phi) is 7.79. The van der Waals surface area contributed by atoms with Gasteiger partial charge in [0.1, 0.15) is 0 Å². The number of benzene rings is 2. The van der Waals surface area contributed by atoms with Crippen molar-refractivity contribution in [3.8, 4) is 23.0 Å². The number of rotatable bonds is 10. The van der Waals surface area contributed by atoms with Crippen LogP contribution in [0.5, 0.6) is 23.0 Å². The molecule has 2 rings (SSSR count). The van der Waals surface area contributed by atoms with Crippen LogP contribution in [0.2, 0.25) is 0 Å². The predicted octanol–water partition coefficient (Wildman–Crippen LogP) is 5.11. The molecule has 2 aromatic rings. The smallest absolute Gasteiger partial charge is 0.161 e. The molecule has 136 valence electrons. The molecule has 0 saturated carbocycles.